The van der Waals surface area contributed by atoms with E-state index in [-0.39, 0.29) is 12.0 Å². The van der Waals surface area contributed by atoms with Crippen molar-refractivity contribution in [2.75, 3.05) is 13.1 Å². The summed E-state index contributed by atoms with van der Waals surface area (Å²) < 4.78 is 5.83. The number of carbonyl (C=O) groups is 1. The van der Waals surface area contributed by atoms with Crippen LogP contribution < -0.4 is 4.74 Å². The number of nitrogens with zero attached hydrogens (tertiary/aromatic N) is 4. The van der Waals surface area contributed by atoms with E-state index < -0.39 is 0 Å². The predicted octanol–water partition coefficient (Wildman–Crippen LogP) is 3.28. The number of hydrogen-bond acceptors (Lipinski definition) is 6. The molecular formula is C19H18N4O2S. The van der Waals surface area contributed by atoms with E-state index in [9.17, 15) is 4.79 Å². The van der Waals surface area contributed by atoms with Crippen molar-refractivity contribution in [1.29, 1.82) is 0 Å². The van der Waals surface area contributed by atoms with Gasteiger partial charge in [-0.25, -0.2) is 9.97 Å². The Labute approximate surface area is 155 Å². The average Bonchev–Trinajstić information content (AvgIpc) is 3.20. The van der Waals surface area contributed by atoms with Gasteiger partial charge in [-0.1, -0.05) is 30.3 Å². The first-order valence-electron chi connectivity index (χ1n) is 8.52. The maximum atomic E-state index is 12.7. The molecule has 0 N–H and O–H groups in total. The molecule has 1 saturated heterocycles. The molecule has 26 heavy (non-hydrogen) atoms. The van der Waals surface area contributed by atoms with Crippen LogP contribution in [0.2, 0.25) is 0 Å². The molecule has 4 rings (SSSR count). The van der Waals surface area contributed by atoms with Crippen LogP contribution in [0.4, 0.5) is 0 Å². The highest BCUT2D eigenvalue weighted by Gasteiger charge is 2.26. The van der Waals surface area contributed by atoms with Gasteiger partial charge in [0.2, 0.25) is 5.88 Å². The summed E-state index contributed by atoms with van der Waals surface area (Å²) in [7, 11) is 0. The van der Waals surface area contributed by atoms with Crippen molar-refractivity contribution in [2.24, 2.45) is 0 Å². The van der Waals surface area contributed by atoms with Crippen molar-refractivity contribution in [2.45, 2.75) is 18.9 Å². The molecule has 0 spiro atoms. The number of hydrogen-bond donors (Lipinski definition) is 0. The van der Waals surface area contributed by atoms with Gasteiger partial charge < -0.3 is 9.64 Å². The minimum atomic E-state index is -0.0126. The molecule has 1 aromatic carbocycles. The molecule has 0 bridgehead atoms. The molecule has 3 heterocycles. The molecule has 0 radical (unpaired) electrons. The van der Waals surface area contributed by atoms with Crippen LogP contribution in [0.3, 0.4) is 0 Å². The summed E-state index contributed by atoms with van der Waals surface area (Å²) >= 11 is 1.50. The smallest absolute Gasteiger partial charge is 0.273 e. The van der Waals surface area contributed by atoms with Gasteiger partial charge >= 0.3 is 0 Å². The maximum absolute atomic E-state index is 12.7. The van der Waals surface area contributed by atoms with Crippen LogP contribution in [0.15, 0.2) is 54.3 Å². The minimum Gasteiger partial charge on any atom is -0.473 e. The summed E-state index contributed by atoms with van der Waals surface area (Å²) in [5.74, 6) is 0.519. The predicted molar refractivity (Wildman–Crippen MR) is 99.1 cm³/mol. The first kappa shape index (κ1) is 16.7. The van der Waals surface area contributed by atoms with Crippen molar-refractivity contribution < 1.29 is 9.53 Å². The molecule has 7 heteroatoms. The summed E-state index contributed by atoms with van der Waals surface area (Å²) in [6.45, 7) is 1.31. The number of carbonyl (C=O) groups excluding carboxylic acids is 1. The summed E-state index contributed by atoms with van der Waals surface area (Å²) in [6.07, 6.45) is 6.45. The molecule has 1 aliphatic rings. The first-order chi connectivity index (χ1) is 12.8. The van der Waals surface area contributed by atoms with Gasteiger partial charge in [0.25, 0.3) is 5.91 Å². The SMILES string of the molecule is O=C(c1csc(-c2ccccc2)n1)N1CCC(Oc2cnccn2)CC1. The summed E-state index contributed by atoms with van der Waals surface area (Å²) in [6, 6.07) is 9.92. The number of benzene rings is 1. The zero-order chi connectivity index (χ0) is 17.8. The molecule has 3 aromatic rings. The lowest BCUT2D eigenvalue weighted by atomic mass is 10.1. The summed E-state index contributed by atoms with van der Waals surface area (Å²) in [4.78, 5) is 27.2. The summed E-state index contributed by atoms with van der Waals surface area (Å²) in [5.41, 5.74) is 1.55. The van der Waals surface area contributed by atoms with Crippen molar-refractivity contribution >= 4 is 17.2 Å². The van der Waals surface area contributed by atoms with Crippen LogP contribution in [0.1, 0.15) is 23.3 Å². The number of piperidine rings is 1. The Balaban J connectivity index is 1.36. The molecule has 0 atom stereocenters. The summed E-state index contributed by atoms with van der Waals surface area (Å²) in [5, 5.41) is 2.71. The Morgan fingerprint density at radius 1 is 1.15 bits per heavy atom. The lowest BCUT2D eigenvalue weighted by molar-refractivity contribution is 0.0582. The third-order valence-corrected chi connectivity index (χ3v) is 5.19. The Bertz CT molecular complexity index is 862. The second-order valence-electron chi connectivity index (χ2n) is 6.06. The van der Waals surface area contributed by atoms with Crippen LogP contribution in [0.5, 0.6) is 5.88 Å². The van der Waals surface area contributed by atoms with Gasteiger partial charge in [-0.15, -0.1) is 11.3 Å². The number of thiazole rings is 1. The Hall–Kier alpha value is -2.80. The monoisotopic (exact) mass is 366 g/mol. The Morgan fingerprint density at radius 3 is 2.69 bits per heavy atom. The molecule has 132 valence electrons. The second kappa shape index (κ2) is 7.61. The van der Waals surface area contributed by atoms with E-state index in [4.69, 9.17) is 4.74 Å². The minimum absolute atomic E-state index is 0.0126. The Kier molecular flexibility index (Phi) is 4.88. The third kappa shape index (κ3) is 3.72. The lowest BCUT2D eigenvalue weighted by Crippen LogP contribution is -2.42. The first-order valence-corrected chi connectivity index (χ1v) is 9.40. The van der Waals surface area contributed by atoms with Crippen LogP contribution in [-0.2, 0) is 0 Å². The zero-order valence-corrected chi connectivity index (χ0v) is 14.9. The van der Waals surface area contributed by atoms with Crippen LogP contribution >= 0.6 is 11.3 Å². The van der Waals surface area contributed by atoms with Crippen molar-refractivity contribution in [3.63, 3.8) is 0 Å². The van der Waals surface area contributed by atoms with Crippen LogP contribution in [0, 0.1) is 0 Å². The van der Waals surface area contributed by atoms with Gasteiger partial charge in [0, 0.05) is 49.3 Å². The number of likely N-dealkylation sites (tertiary alicyclic amines) is 1. The van der Waals surface area contributed by atoms with Crippen LogP contribution in [0.25, 0.3) is 10.6 Å². The molecule has 0 unspecified atom stereocenters. The normalized spacial score (nSPS) is 15.0. The number of amides is 1. The molecule has 1 fully saturated rings. The van der Waals surface area contributed by atoms with E-state index in [0.29, 0.717) is 24.7 Å². The molecule has 1 amide bonds. The fourth-order valence-electron chi connectivity index (χ4n) is 2.94. The molecule has 6 nitrogen and oxygen atoms in total. The maximum Gasteiger partial charge on any atom is 0.273 e. The lowest BCUT2D eigenvalue weighted by Gasteiger charge is -2.31. The average molecular weight is 366 g/mol. The Morgan fingerprint density at radius 2 is 1.96 bits per heavy atom. The van der Waals surface area contributed by atoms with Gasteiger partial charge in [0.05, 0.1) is 6.20 Å². The van der Waals surface area contributed by atoms with E-state index in [1.54, 1.807) is 18.6 Å². The van der Waals surface area contributed by atoms with E-state index in [2.05, 4.69) is 15.0 Å². The second-order valence-corrected chi connectivity index (χ2v) is 6.92. The molecule has 2 aromatic heterocycles. The quantitative estimate of drug-likeness (QED) is 0.709. The molecule has 0 saturated carbocycles. The number of aromatic nitrogens is 3. The van der Waals surface area contributed by atoms with Gasteiger partial charge in [-0.3, -0.25) is 9.78 Å². The van der Waals surface area contributed by atoms with Gasteiger partial charge in [0.1, 0.15) is 16.8 Å². The van der Waals surface area contributed by atoms with E-state index in [0.717, 1.165) is 23.4 Å². The third-order valence-electron chi connectivity index (χ3n) is 4.30. The molecule has 1 aliphatic heterocycles. The highest BCUT2D eigenvalue weighted by atomic mass is 32.1. The zero-order valence-electron chi connectivity index (χ0n) is 14.1. The van der Waals surface area contributed by atoms with E-state index in [1.165, 1.54) is 11.3 Å². The highest BCUT2D eigenvalue weighted by Crippen LogP contribution is 2.25. The van der Waals surface area contributed by atoms with Crippen molar-refractivity contribution in [3.8, 4) is 16.5 Å². The van der Waals surface area contributed by atoms with Gasteiger partial charge in [-0.05, 0) is 0 Å². The molecular weight excluding hydrogens is 348 g/mol. The fourth-order valence-corrected chi connectivity index (χ4v) is 3.74. The number of ether oxygens (including phenoxy) is 1. The highest BCUT2D eigenvalue weighted by molar-refractivity contribution is 7.13. The van der Waals surface area contributed by atoms with Crippen LogP contribution in [-0.4, -0.2) is 45.0 Å². The van der Waals surface area contributed by atoms with E-state index in [1.807, 2.05) is 40.6 Å². The standard InChI is InChI=1S/C19H18N4O2S/c24-19(16-13-26-18(22-16)14-4-2-1-3-5-14)23-10-6-15(7-11-23)25-17-12-20-8-9-21-17/h1-5,8-9,12-13,15H,6-7,10-11H2. The van der Waals surface area contributed by atoms with Crippen molar-refractivity contribution in [3.05, 3.63) is 60.0 Å². The number of rotatable bonds is 4. The largest absolute Gasteiger partial charge is 0.473 e. The van der Waals surface area contributed by atoms with Crippen molar-refractivity contribution in [1.82, 2.24) is 19.9 Å². The van der Waals surface area contributed by atoms with E-state index >= 15 is 0 Å². The fraction of sp³-hybridized carbons (Fsp3) is 0.263. The molecule has 0 aliphatic carbocycles. The van der Waals surface area contributed by atoms with Gasteiger partial charge in [-0.2, -0.15) is 0 Å². The topological polar surface area (TPSA) is 68.2 Å². The van der Waals surface area contributed by atoms with Gasteiger partial charge in [0.15, 0.2) is 0 Å².